The molecule has 0 spiro atoms. The molecule has 3 aromatic heterocycles. The van der Waals surface area contributed by atoms with Crippen LogP contribution in [0.15, 0.2) is 182 Å². The fraction of sp³-hybridized carbons (Fsp3) is 0. The Labute approximate surface area is 327 Å². The highest BCUT2D eigenvalue weighted by Gasteiger charge is 2.21. The Kier molecular flexibility index (Phi) is 8.39. The van der Waals surface area contributed by atoms with Crippen molar-refractivity contribution in [2.24, 2.45) is 0 Å². The number of phenolic OH excluding ortho intramolecular Hbond substituents is 1. The number of thiophene rings is 1. The van der Waals surface area contributed by atoms with Gasteiger partial charge < -0.3 is 5.11 Å². The Morgan fingerprint density at radius 1 is 0.375 bits per heavy atom. The van der Waals surface area contributed by atoms with Crippen LogP contribution in [0, 0.1) is 0 Å². The molecule has 0 aliphatic heterocycles. The van der Waals surface area contributed by atoms with Gasteiger partial charge in [-0.25, -0.2) is 24.9 Å². The van der Waals surface area contributed by atoms with E-state index < -0.39 is 0 Å². The molecule has 0 aliphatic rings. The van der Waals surface area contributed by atoms with E-state index in [4.69, 9.17) is 24.9 Å². The number of hydrogen-bond donors (Lipinski definition) is 1. The molecule has 264 valence electrons. The maximum absolute atomic E-state index is 11.6. The van der Waals surface area contributed by atoms with Crippen molar-refractivity contribution in [1.82, 2.24) is 24.9 Å². The van der Waals surface area contributed by atoms with Gasteiger partial charge in [0, 0.05) is 43.5 Å². The lowest BCUT2D eigenvalue weighted by molar-refractivity contribution is 0.477. The topological polar surface area (TPSA) is 84.7 Å². The molecule has 3 heterocycles. The molecule has 0 saturated carbocycles. The molecule has 56 heavy (non-hydrogen) atoms. The van der Waals surface area contributed by atoms with Crippen LogP contribution < -0.4 is 0 Å². The van der Waals surface area contributed by atoms with E-state index in [-0.39, 0.29) is 5.75 Å². The number of rotatable bonds is 7. The summed E-state index contributed by atoms with van der Waals surface area (Å²) in [7, 11) is 0. The molecular formula is C49H31N5OS. The van der Waals surface area contributed by atoms with Crippen molar-refractivity contribution in [3.8, 4) is 84.8 Å². The van der Waals surface area contributed by atoms with Gasteiger partial charge in [0.1, 0.15) is 5.75 Å². The molecule has 7 heteroatoms. The van der Waals surface area contributed by atoms with Crippen LogP contribution in [0.25, 0.3) is 99.4 Å². The van der Waals surface area contributed by atoms with Crippen molar-refractivity contribution in [3.63, 3.8) is 0 Å². The molecule has 10 rings (SSSR count). The summed E-state index contributed by atoms with van der Waals surface area (Å²) in [5.41, 5.74) is 9.67. The van der Waals surface area contributed by atoms with Crippen molar-refractivity contribution in [3.05, 3.63) is 182 Å². The number of fused-ring (bicyclic) bond motifs is 3. The van der Waals surface area contributed by atoms with E-state index in [1.807, 2.05) is 103 Å². The van der Waals surface area contributed by atoms with E-state index in [1.165, 1.54) is 0 Å². The van der Waals surface area contributed by atoms with E-state index >= 15 is 0 Å². The molecular weight excluding hydrogens is 707 g/mol. The molecule has 0 aliphatic carbocycles. The SMILES string of the molecule is Oc1cccc(-c2nc(-c3ccccc3)nc(-c3ccccc3)n2)c1-c1cccc(-c2nc(-c3cccc(-c4ccccc4)c3)nc3c2sc2ccccc23)c1. The lowest BCUT2D eigenvalue weighted by Gasteiger charge is -2.14. The Morgan fingerprint density at radius 3 is 1.61 bits per heavy atom. The number of hydrogen-bond acceptors (Lipinski definition) is 7. The zero-order valence-corrected chi connectivity index (χ0v) is 30.7. The van der Waals surface area contributed by atoms with E-state index in [0.717, 1.165) is 64.9 Å². The van der Waals surface area contributed by atoms with Gasteiger partial charge in [-0.15, -0.1) is 11.3 Å². The maximum atomic E-state index is 11.6. The van der Waals surface area contributed by atoms with Gasteiger partial charge in [-0.05, 0) is 41.0 Å². The highest BCUT2D eigenvalue weighted by molar-refractivity contribution is 7.26. The lowest BCUT2D eigenvalue weighted by atomic mass is 9.95. The minimum Gasteiger partial charge on any atom is -0.507 e. The normalized spacial score (nSPS) is 11.3. The third-order valence-electron chi connectivity index (χ3n) is 9.86. The Hall–Kier alpha value is -7.35. The zero-order chi connectivity index (χ0) is 37.4. The zero-order valence-electron chi connectivity index (χ0n) is 29.9. The third kappa shape index (κ3) is 6.16. The highest BCUT2D eigenvalue weighted by atomic mass is 32.1. The van der Waals surface area contributed by atoms with E-state index in [2.05, 4.69) is 72.8 Å². The number of benzene rings is 7. The van der Waals surface area contributed by atoms with Crippen LogP contribution in [0.3, 0.4) is 0 Å². The molecule has 0 fully saturated rings. The quantitative estimate of drug-likeness (QED) is 0.175. The second-order valence-corrected chi connectivity index (χ2v) is 14.5. The van der Waals surface area contributed by atoms with Crippen molar-refractivity contribution >= 4 is 31.6 Å². The summed E-state index contributed by atoms with van der Waals surface area (Å²) in [6, 6.07) is 60.6. The van der Waals surface area contributed by atoms with Gasteiger partial charge in [0.05, 0.1) is 15.9 Å². The molecule has 0 bridgehead atoms. The summed E-state index contributed by atoms with van der Waals surface area (Å²) in [6.45, 7) is 0. The molecule has 0 amide bonds. The predicted octanol–water partition coefficient (Wildman–Crippen LogP) is 12.4. The molecule has 0 saturated heterocycles. The molecule has 10 aromatic rings. The van der Waals surface area contributed by atoms with Crippen LogP contribution >= 0.6 is 11.3 Å². The second-order valence-electron chi connectivity index (χ2n) is 13.4. The van der Waals surface area contributed by atoms with Gasteiger partial charge in [-0.2, -0.15) is 0 Å². The van der Waals surface area contributed by atoms with Crippen molar-refractivity contribution in [2.45, 2.75) is 0 Å². The molecule has 1 N–H and O–H groups in total. The minimum atomic E-state index is 0.121. The van der Waals surface area contributed by atoms with Crippen molar-refractivity contribution < 1.29 is 5.11 Å². The summed E-state index contributed by atoms with van der Waals surface area (Å²) in [4.78, 5) is 25.4. The summed E-state index contributed by atoms with van der Waals surface area (Å²) in [6.07, 6.45) is 0. The molecule has 0 radical (unpaired) electrons. The first-order valence-electron chi connectivity index (χ1n) is 18.3. The number of aromatic nitrogens is 5. The largest absolute Gasteiger partial charge is 0.507 e. The van der Waals surface area contributed by atoms with Gasteiger partial charge in [0.15, 0.2) is 23.3 Å². The third-order valence-corrected chi connectivity index (χ3v) is 11.0. The summed E-state index contributed by atoms with van der Waals surface area (Å²) < 4.78 is 2.15. The fourth-order valence-corrected chi connectivity index (χ4v) is 8.32. The number of phenols is 1. The molecule has 6 nitrogen and oxygen atoms in total. The van der Waals surface area contributed by atoms with Crippen molar-refractivity contribution in [2.75, 3.05) is 0 Å². The smallest absolute Gasteiger partial charge is 0.164 e. The van der Waals surface area contributed by atoms with Crippen LogP contribution in [0.2, 0.25) is 0 Å². The Bertz CT molecular complexity index is 2980. The van der Waals surface area contributed by atoms with Crippen LogP contribution in [0.4, 0.5) is 0 Å². The van der Waals surface area contributed by atoms with Gasteiger partial charge in [0.25, 0.3) is 0 Å². The first kappa shape index (κ1) is 33.2. The summed E-state index contributed by atoms with van der Waals surface area (Å²) in [5, 5.41) is 12.7. The number of aromatic hydroxyl groups is 1. The minimum absolute atomic E-state index is 0.121. The van der Waals surface area contributed by atoms with E-state index in [9.17, 15) is 5.11 Å². The summed E-state index contributed by atoms with van der Waals surface area (Å²) in [5.74, 6) is 2.33. The summed E-state index contributed by atoms with van der Waals surface area (Å²) >= 11 is 1.69. The molecule has 0 atom stereocenters. The second kappa shape index (κ2) is 14.1. The van der Waals surface area contributed by atoms with Crippen molar-refractivity contribution in [1.29, 1.82) is 0 Å². The average Bonchev–Trinajstić information content (AvgIpc) is 3.65. The van der Waals surface area contributed by atoms with Crippen LogP contribution in [-0.2, 0) is 0 Å². The van der Waals surface area contributed by atoms with Gasteiger partial charge in [0.2, 0.25) is 0 Å². The van der Waals surface area contributed by atoms with Crippen LogP contribution in [-0.4, -0.2) is 30.0 Å². The first-order valence-corrected chi connectivity index (χ1v) is 19.1. The highest BCUT2D eigenvalue weighted by Crippen LogP contribution is 2.43. The van der Waals surface area contributed by atoms with Gasteiger partial charge in [-0.1, -0.05) is 158 Å². The maximum Gasteiger partial charge on any atom is 0.164 e. The van der Waals surface area contributed by atoms with Gasteiger partial charge in [-0.3, -0.25) is 0 Å². The standard InChI is InChI=1S/C49H31N5OS/c55-40-27-14-26-39(49-53-46(32-17-6-2-7-18-32)52-47(54-49)33-19-8-3-9-20-33)42(40)35-22-13-23-36(30-35)43-45-44(38-25-10-11-28-41(38)56-45)51-48(50-43)37-24-12-21-34(29-37)31-15-4-1-5-16-31/h1-30,55H. The number of nitrogens with zero attached hydrogens (tertiary/aromatic N) is 5. The lowest BCUT2D eigenvalue weighted by Crippen LogP contribution is -2.01. The van der Waals surface area contributed by atoms with Crippen LogP contribution in [0.1, 0.15) is 0 Å². The fourth-order valence-electron chi connectivity index (χ4n) is 7.17. The molecule has 0 unspecified atom stereocenters. The van der Waals surface area contributed by atoms with Crippen LogP contribution in [0.5, 0.6) is 5.75 Å². The Morgan fingerprint density at radius 2 is 0.893 bits per heavy atom. The predicted molar refractivity (Wildman–Crippen MR) is 228 cm³/mol. The first-order chi connectivity index (χ1) is 27.7. The Balaban J connectivity index is 1.15. The average molecular weight is 738 g/mol. The van der Waals surface area contributed by atoms with Gasteiger partial charge >= 0.3 is 0 Å². The van der Waals surface area contributed by atoms with E-state index in [1.54, 1.807) is 17.4 Å². The van der Waals surface area contributed by atoms with E-state index in [0.29, 0.717) is 34.4 Å². The molecule has 7 aromatic carbocycles. The monoisotopic (exact) mass is 737 g/mol.